The summed E-state index contributed by atoms with van der Waals surface area (Å²) in [5.41, 5.74) is 6.55. The number of ether oxygens (including phenoxy) is 2. The molecule has 0 bridgehead atoms. The van der Waals surface area contributed by atoms with Crippen LogP contribution >= 0.6 is 0 Å². The number of imidazole rings is 1. The summed E-state index contributed by atoms with van der Waals surface area (Å²) in [7, 11) is 3.12. The zero-order chi connectivity index (χ0) is 29.6. The Kier molecular flexibility index (Phi) is 7.52. The lowest BCUT2D eigenvalue weighted by Gasteiger charge is -2.26. The van der Waals surface area contributed by atoms with E-state index in [9.17, 15) is 9.59 Å². The second-order valence-electron chi connectivity index (χ2n) is 11.7. The largest absolute Gasteiger partial charge is 0.443 e. The van der Waals surface area contributed by atoms with E-state index in [0.717, 1.165) is 24.2 Å². The number of carbonyl (C=O) groups excluding carboxylic acids is 2. The number of rotatable bonds is 6. The number of aryl methyl sites for hydroxylation is 1. The van der Waals surface area contributed by atoms with Crippen LogP contribution in [0.3, 0.4) is 0 Å². The molecule has 3 aromatic rings. The number of nitrogens with one attached hydrogen (secondary N) is 1. The number of primary amides is 1. The summed E-state index contributed by atoms with van der Waals surface area (Å²) < 4.78 is 29.7. The van der Waals surface area contributed by atoms with E-state index in [1.807, 2.05) is 6.92 Å². The zero-order valence-corrected chi connectivity index (χ0v) is 24.2. The number of fused-ring (bicyclic) bond motifs is 1. The van der Waals surface area contributed by atoms with Gasteiger partial charge in [-0.15, -0.1) is 0 Å². The van der Waals surface area contributed by atoms with Crippen LogP contribution in [0.1, 0.15) is 79.6 Å². The maximum Gasteiger partial charge on any atom is 0.415 e. The van der Waals surface area contributed by atoms with Crippen LogP contribution in [-0.2, 0) is 9.47 Å². The second-order valence-corrected chi connectivity index (χ2v) is 11.7. The van der Waals surface area contributed by atoms with Crippen molar-refractivity contribution in [2.75, 3.05) is 32.2 Å². The molecule has 5 rings (SSSR count). The van der Waals surface area contributed by atoms with Crippen LogP contribution in [0, 0.1) is 24.6 Å². The number of aromatic nitrogens is 4. The van der Waals surface area contributed by atoms with Crippen molar-refractivity contribution in [2.24, 2.45) is 5.73 Å². The molecule has 1 saturated heterocycles. The molecule has 1 aromatic carbocycles. The highest BCUT2D eigenvalue weighted by Gasteiger charge is 2.35. The molecule has 1 saturated carbocycles. The van der Waals surface area contributed by atoms with Gasteiger partial charge in [0.25, 0.3) is 5.91 Å². The van der Waals surface area contributed by atoms with Gasteiger partial charge in [0, 0.05) is 38.9 Å². The van der Waals surface area contributed by atoms with Crippen molar-refractivity contribution in [1.82, 2.24) is 24.6 Å². The van der Waals surface area contributed by atoms with Crippen molar-refractivity contribution in [2.45, 2.75) is 70.7 Å². The lowest BCUT2D eigenvalue weighted by atomic mass is 10.1. The molecule has 2 aromatic heterocycles. The van der Waals surface area contributed by atoms with E-state index < -0.39 is 23.4 Å². The Hall–Kier alpha value is -3.95. The minimum atomic E-state index is -0.819. The molecule has 41 heavy (non-hydrogen) atoms. The van der Waals surface area contributed by atoms with Gasteiger partial charge < -0.3 is 25.1 Å². The number of carbonyl (C=O) groups is 2. The molecular formula is C29H36FN7O4. The molecule has 3 N–H and O–H groups in total. The van der Waals surface area contributed by atoms with Crippen molar-refractivity contribution in [3.05, 3.63) is 40.6 Å². The van der Waals surface area contributed by atoms with Crippen molar-refractivity contribution >= 4 is 28.9 Å². The van der Waals surface area contributed by atoms with E-state index in [-0.39, 0.29) is 34.7 Å². The average molecular weight is 566 g/mol. The van der Waals surface area contributed by atoms with Crippen molar-refractivity contribution in [3.63, 3.8) is 0 Å². The summed E-state index contributed by atoms with van der Waals surface area (Å²) in [4.78, 5) is 31.7. The van der Waals surface area contributed by atoms with Gasteiger partial charge >= 0.3 is 6.09 Å². The first kappa shape index (κ1) is 28.6. The summed E-state index contributed by atoms with van der Waals surface area (Å²) >= 11 is 0. The first-order chi connectivity index (χ1) is 19.4. The Morgan fingerprint density at radius 1 is 1.24 bits per heavy atom. The SMILES string of the molecule is COC[C@H]1C[C@H](n2nc(C#Cc3cc4nc(C)n(C5CC5)c4cc3F)c(C(N)=O)c2N(C)C(=O)OC(C)(C)C)CN1. The molecule has 2 amide bonds. The quantitative estimate of drug-likeness (QED) is 0.438. The molecule has 0 spiro atoms. The number of benzene rings is 1. The Bertz CT molecular complexity index is 1570. The van der Waals surface area contributed by atoms with Gasteiger partial charge in [-0.3, -0.25) is 9.69 Å². The van der Waals surface area contributed by atoms with Crippen LogP contribution < -0.4 is 16.0 Å². The topological polar surface area (TPSA) is 130 Å². The first-order valence-electron chi connectivity index (χ1n) is 13.7. The van der Waals surface area contributed by atoms with Gasteiger partial charge in [-0.2, -0.15) is 5.10 Å². The van der Waals surface area contributed by atoms with Crippen LogP contribution in [-0.4, -0.2) is 70.3 Å². The predicted molar refractivity (Wildman–Crippen MR) is 151 cm³/mol. The molecule has 3 heterocycles. The highest BCUT2D eigenvalue weighted by molar-refractivity contribution is 6.03. The maximum absolute atomic E-state index is 15.2. The summed E-state index contributed by atoms with van der Waals surface area (Å²) in [5.74, 6) is 5.35. The fourth-order valence-corrected chi connectivity index (χ4v) is 5.30. The third-order valence-electron chi connectivity index (χ3n) is 7.21. The number of anilines is 1. The normalized spacial score (nSPS) is 18.8. The predicted octanol–water partition coefficient (Wildman–Crippen LogP) is 3.43. The van der Waals surface area contributed by atoms with Crippen molar-refractivity contribution in [3.8, 4) is 11.8 Å². The zero-order valence-electron chi connectivity index (χ0n) is 24.2. The average Bonchev–Trinajstić information content (AvgIpc) is 3.34. The Morgan fingerprint density at radius 3 is 2.61 bits per heavy atom. The Labute approximate surface area is 238 Å². The van der Waals surface area contributed by atoms with Gasteiger partial charge in [-0.05, 0) is 58.9 Å². The van der Waals surface area contributed by atoms with Gasteiger partial charge in [0.05, 0.1) is 29.2 Å². The Morgan fingerprint density at radius 2 is 1.98 bits per heavy atom. The summed E-state index contributed by atoms with van der Waals surface area (Å²) in [6.45, 7) is 8.16. The molecule has 1 aliphatic heterocycles. The summed E-state index contributed by atoms with van der Waals surface area (Å²) in [6, 6.07) is 3.24. The second kappa shape index (κ2) is 10.8. The molecule has 1 aliphatic carbocycles. The smallest absolute Gasteiger partial charge is 0.415 e. The number of hydrogen-bond acceptors (Lipinski definition) is 7. The molecule has 2 fully saturated rings. The molecule has 12 heteroatoms. The van der Waals surface area contributed by atoms with Crippen molar-refractivity contribution in [1.29, 1.82) is 0 Å². The fourth-order valence-electron chi connectivity index (χ4n) is 5.30. The number of halogens is 1. The molecular weight excluding hydrogens is 529 g/mol. The minimum Gasteiger partial charge on any atom is -0.443 e. The molecule has 2 aliphatic rings. The molecule has 2 atom stereocenters. The van der Waals surface area contributed by atoms with Gasteiger partial charge in [-0.25, -0.2) is 18.9 Å². The van der Waals surface area contributed by atoms with Crippen LogP contribution in [0.25, 0.3) is 11.0 Å². The van der Waals surface area contributed by atoms with E-state index in [2.05, 4.69) is 31.8 Å². The Balaban J connectivity index is 1.58. The van der Waals surface area contributed by atoms with E-state index in [1.54, 1.807) is 38.6 Å². The number of methoxy groups -OCH3 is 1. The molecule has 0 unspecified atom stereocenters. The summed E-state index contributed by atoms with van der Waals surface area (Å²) in [6.07, 6.45) is 2.05. The van der Waals surface area contributed by atoms with E-state index >= 15 is 4.39 Å². The highest BCUT2D eigenvalue weighted by Crippen LogP contribution is 2.39. The number of nitrogens with zero attached hydrogens (tertiary/aromatic N) is 5. The number of amides is 2. The third-order valence-corrected chi connectivity index (χ3v) is 7.21. The van der Waals surface area contributed by atoms with E-state index in [0.29, 0.717) is 31.1 Å². The van der Waals surface area contributed by atoms with E-state index in [4.69, 9.17) is 15.2 Å². The number of hydrogen-bond donors (Lipinski definition) is 2. The van der Waals surface area contributed by atoms with Crippen LogP contribution in [0.15, 0.2) is 12.1 Å². The first-order valence-corrected chi connectivity index (χ1v) is 13.7. The van der Waals surface area contributed by atoms with Gasteiger partial charge in [-0.1, -0.05) is 5.92 Å². The highest BCUT2D eigenvalue weighted by atomic mass is 19.1. The standard InChI is InChI=1S/C29H36FN7O4/c1-16-33-23-11-17(21(30)13-24(23)36(16)19-8-9-19)7-10-22-25(26(31)38)27(35(5)28(39)41-29(2,3)4)37(34-22)20-12-18(15-40-6)32-14-20/h11,13,18-20,32H,8-9,12,14-15H2,1-6H3,(H2,31,38)/t18-,20+/m1/s1. The van der Waals surface area contributed by atoms with E-state index in [1.165, 1.54) is 18.0 Å². The third kappa shape index (κ3) is 5.78. The monoisotopic (exact) mass is 565 g/mol. The molecule has 0 radical (unpaired) electrons. The lowest BCUT2D eigenvalue weighted by Crippen LogP contribution is -2.37. The van der Waals surface area contributed by atoms with Gasteiger partial charge in [0.1, 0.15) is 22.8 Å². The van der Waals surface area contributed by atoms with Gasteiger partial charge in [0.15, 0.2) is 11.5 Å². The maximum atomic E-state index is 15.2. The molecule has 11 nitrogen and oxygen atoms in total. The summed E-state index contributed by atoms with van der Waals surface area (Å²) in [5, 5.41) is 8.00. The van der Waals surface area contributed by atoms with Crippen LogP contribution in [0.5, 0.6) is 0 Å². The molecule has 218 valence electrons. The van der Waals surface area contributed by atoms with Crippen molar-refractivity contribution < 1.29 is 23.5 Å². The lowest BCUT2D eigenvalue weighted by molar-refractivity contribution is 0.0586. The van der Waals surface area contributed by atoms with Gasteiger partial charge in [0.2, 0.25) is 0 Å². The minimum absolute atomic E-state index is 0.0392. The van der Waals surface area contributed by atoms with Crippen LogP contribution in [0.4, 0.5) is 15.0 Å². The van der Waals surface area contributed by atoms with Crippen LogP contribution in [0.2, 0.25) is 0 Å². The number of nitrogens with two attached hydrogens (primary N) is 1. The fraction of sp³-hybridized carbons (Fsp3) is 0.517.